The number of nitrogens with zero attached hydrogens (tertiary/aromatic N) is 4. The first kappa shape index (κ1) is 18.9. The van der Waals surface area contributed by atoms with Crippen LogP contribution < -0.4 is 16.6 Å². The number of fused-ring (bicyclic) bond motifs is 1. The topological polar surface area (TPSA) is 147 Å². The molecule has 11 heteroatoms. The minimum Gasteiger partial charge on any atom is -0.385 e. The Morgan fingerprint density at radius 2 is 2.16 bits per heavy atom. The van der Waals surface area contributed by atoms with E-state index in [4.69, 9.17) is 10.5 Å². The Labute approximate surface area is 145 Å². The summed E-state index contributed by atoms with van der Waals surface area (Å²) in [6.45, 7) is 3.16. The van der Waals surface area contributed by atoms with E-state index in [1.807, 2.05) is 6.92 Å². The molecule has 0 aromatic carbocycles. The highest BCUT2D eigenvalue weighted by Gasteiger charge is 2.24. The van der Waals surface area contributed by atoms with Crippen molar-refractivity contribution in [3.8, 4) is 6.07 Å². The Morgan fingerprint density at radius 3 is 2.72 bits per heavy atom. The molecule has 2 heterocycles. The zero-order valence-electron chi connectivity index (χ0n) is 14.3. The van der Waals surface area contributed by atoms with Gasteiger partial charge >= 0.3 is 0 Å². The summed E-state index contributed by atoms with van der Waals surface area (Å²) in [5.41, 5.74) is 12.7. The Kier molecular flexibility index (Phi) is 5.78. The van der Waals surface area contributed by atoms with Crippen LogP contribution in [0.1, 0.15) is 24.5 Å². The van der Waals surface area contributed by atoms with Crippen LogP contribution in [0.3, 0.4) is 0 Å². The fourth-order valence-electron chi connectivity index (χ4n) is 2.34. The lowest BCUT2D eigenvalue weighted by molar-refractivity contribution is 0.195. The van der Waals surface area contributed by atoms with Crippen molar-refractivity contribution in [3.05, 3.63) is 11.1 Å². The van der Waals surface area contributed by atoms with Crippen molar-refractivity contribution in [1.29, 1.82) is 5.26 Å². The van der Waals surface area contributed by atoms with Crippen LogP contribution in [0.25, 0.3) is 5.65 Å². The molecule has 0 aliphatic carbocycles. The van der Waals surface area contributed by atoms with E-state index >= 15 is 0 Å². The van der Waals surface area contributed by atoms with E-state index in [9.17, 15) is 13.7 Å². The number of sulfone groups is 1. The molecule has 2 rings (SSSR count). The molecule has 0 aliphatic heterocycles. The van der Waals surface area contributed by atoms with Gasteiger partial charge in [0.1, 0.15) is 17.5 Å². The Hall–Kier alpha value is -2.42. The highest BCUT2D eigenvalue weighted by atomic mass is 32.2. The van der Waals surface area contributed by atoms with E-state index in [0.29, 0.717) is 36.6 Å². The van der Waals surface area contributed by atoms with Gasteiger partial charge in [0.25, 0.3) is 0 Å². The van der Waals surface area contributed by atoms with Crippen molar-refractivity contribution in [2.75, 3.05) is 37.7 Å². The SMILES string of the molecule is CCc1c(NNCCCOC)nn2c(N)c(C#N)c(S(C)(=O)=O)nc12. The molecular formula is C14H21N7O3S. The van der Waals surface area contributed by atoms with E-state index in [1.165, 1.54) is 4.52 Å². The number of nitrogen functional groups attached to an aromatic ring is 1. The summed E-state index contributed by atoms with van der Waals surface area (Å²) < 4.78 is 30.2. The van der Waals surface area contributed by atoms with E-state index in [1.54, 1.807) is 13.2 Å². The van der Waals surface area contributed by atoms with E-state index in [0.717, 1.165) is 12.7 Å². The molecule has 0 saturated carbocycles. The van der Waals surface area contributed by atoms with E-state index < -0.39 is 9.84 Å². The number of aryl methyl sites for hydroxylation is 1. The van der Waals surface area contributed by atoms with Gasteiger partial charge in [0.15, 0.2) is 26.3 Å². The first-order valence-corrected chi connectivity index (χ1v) is 9.53. The normalized spacial score (nSPS) is 11.6. The summed E-state index contributed by atoms with van der Waals surface area (Å²) in [6.07, 6.45) is 2.34. The van der Waals surface area contributed by atoms with Gasteiger partial charge < -0.3 is 15.9 Å². The first-order chi connectivity index (χ1) is 11.8. The van der Waals surface area contributed by atoms with Crippen LogP contribution in [0, 0.1) is 11.3 Å². The van der Waals surface area contributed by atoms with Gasteiger partial charge in [-0.25, -0.2) is 18.8 Å². The van der Waals surface area contributed by atoms with E-state index in [2.05, 4.69) is 20.9 Å². The maximum absolute atomic E-state index is 11.9. The third-order valence-electron chi connectivity index (χ3n) is 3.54. The third kappa shape index (κ3) is 3.81. The predicted octanol–water partition coefficient (Wildman–Crippen LogP) is 0.102. The Bertz CT molecular complexity index is 915. The number of hydrogen-bond donors (Lipinski definition) is 3. The van der Waals surface area contributed by atoms with Gasteiger partial charge in [0, 0.05) is 32.1 Å². The Balaban J connectivity index is 2.50. The van der Waals surface area contributed by atoms with Crippen LogP contribution in [0.5, 0.6) is 0 Å². The van der Waals surface area contributed by atoms with Gasteiger partial charge in [0.2, 0.25) is 0 Å². The smallest absolute Gasteiger partial charge is 0.194 e. The number of ether oxygens (including phenoxy) is 1. The molecule has 10 nitrogen and oxygen atoms in total. The minimum absolute atomic E-state index is 0.0601. The summed E-state index contributed by atoms with van der Waals surface area (Å²) in [5, 5.41) is 13.2. The van der Waals surface area contributed by atoms with Crippen LogP contribution in [0.2, 0.25) is 0 Å². The average Bonchev–Trinajstić information content (AvgIpc) is 2.91. The fraction of sp³-hybridized carbons (Fsp3) is 0.500. The summed E-state index contributed by atoms with van der Waals surface area (Å²) >= 11 is 0. The zero-order chi connectivity index (χ0) is 18.6. The number of anilines is 2. The molecule has 4 N–H and O–H groups in total. The molecular weight excluding hydrogens is 346 g/mol. The summed E-state index contributed by atoms with van der Waals surface area (Å²) in [4.78, 5) is 4.15. The summed E-state index contributed by atoms with van der Waals surface area (Å²) in [6, 6.07) is 1.80. The predicted molar refractivity (Wildman–Crippen MR) is 92.7 cm³/mol. The van der Waals surface area contributed by atoms with Crippen molar-refractivity contribution < 1.29 is 13.2 Å². The highest BCUT2D eigenvalue weighted by Crippen LogP contribution is 2.26. The molecule has 136 valence electrons. The second-order valence-corrected chi connectivity index (χ2v) is 7.31. The molecule has 0 radical (unpaired) electrons. The maximum Gasteiger partial charge on any atom is 0.194 e. The van der Waals surface area contributed by atoms with Gasteiger partial charge in [0.05, 0.1) is 0 Å². The minimum atomic E-state index is -3.71. The lowest BCUT2D eigenvalue weighted by Gasteiger charge is -2.06. The first-order valence-electron chi connectivity index (χ1n) is 7.64. The van der Waals surface area contributed by atoms with Crippen molar-refractivity contribution in [2.45, 2.75) is 24.8 Å². The van der Waals surface area contributed by atoms with Gasteiger partial charge in [-0.05, 0) is 12.8 Å². The molecule has 2 aromatic rings. The fourth-order valence-corrected chi connectivity index (χ4v) is 3.12. The van der Waals surface area contributed by atoms with Gasteiger partial charge in [-0.1, -0.05) is 6.92 Å². The molecule has 0 unspecified atom stereocenters. The van der Waals surface area contributed by atoms with Crippen LogP contribution >= 0.6 is 0 Å². The van der Waals surface area contributed by atoms with Crippen LogP contribution in [0.4, 0.5) is 11.6 Å². The largest absolute Gasteiger partial charge is 0.385 e. The van der Waals surface area contributed by atoms with Gasteiger partial charge in [-0.3, -0.25) is 0 Å². The molecule has 0 spiro atoms. The van der Waals surface area contributed by atoms with Crippen molar-refractivity contribution in [3.63, 3.8) is 0 Å². The zero-order valence-corrected chi connectivity index (χ0v) is 15.1. The monoisotopic (exact) mass is 367 g/mol. The molecule has 0 bridgehead atoms. The summed E-state index contributed by atoms with van der Waals surface area (Å²) in [5.74, 6) is 0.420. The van der Waals surface area contributed by atoms with Crippen LogP contribution in [-0.4, -0.2) is 49.5 Å². The number of rotatable bonds is 8. The maximum atomic E-state index is 11.9. The number of nitriles is 1. The average molecular weight is 367 g/mol. The van der Waals surface area contributed by atoms with Gasteiger partial charge in [-0.15, -0.1) is 5.10 Å². The number of nitrogens with one attached hydrogen (secondary N) is 2. The number of hydrazine groups is 1. The lowest BCUT2D eigenvalue weighted by Crippen LogP contribution is -2.24. The number of nitrogens with two attached hydrogens (primary N) is 1. The molecule has 25 heavy (non-hydrogen) atoms. The van der Waals surface area contributed by atoms with Crippen molar-refractivity contribution >= 4 is 27.1 Å². The molecule has 0 aliphatic rings. The second kappa shape index (κ2) is 7.64. The quantitative estimate of drug-likeness (QED) is 0.335. The van der Waals surface area contributed by atoms with E-state index in [-0.39, 0.29) is 16.4 Å². The standard InChI is InChI=1S/C14H21N7O3S/c1-4-9-12(19-17-6-5-7-24-2)20-21-11(16)10(8-15)14(18-13(9)21)25(3,22)23/h17H,4-7,16H2,1-3H3,(H,19,20). The third-order valence-corrected chi connectivity index (χ3v) is 4.53. The molecule has 0 atom stereocenters. The number of methoxy groups -OCH3 is 1. The Morgan fingerprint density at radius 1 is 1.44 bits per heavy atom. The van der Waals surface area contributed by atoms with Crippen LogP contribution in [-0.2, 0) is 21.0 Å². The number of hydrogen-bond acceptors (Lipinski definition) is 9. The lowest BCUT2D eigenvalue weighted by atomic mass is 10.2. The molecule has 0 fully saturated rings. The van der Waals surface area contributed by atoms with Crippen LogP contribution in [0.15, 0.2) is 5.03 Å². The summed E-state index contributed by atoms with van der Waals surface area (Å²) in [7, 11) is -2.08. The molecule has 0 saturated heterocycles. The highest BCUT2D eigenvalue weighted by molar-refractivity contribution is 7.90. The van der Waals surface area contributed by atoms with Crippen molar-refractivity contribution in [2.24, 2.45) is 0 Å². The molecule has 0 amide bonds. The number of aromatic nitrogens is 3. The second-order valence-electron chi connectivity index (χ2n) is 5.38. The van der Waals surface area contributed by atoms with Crippen molar-refractivity contribution in [1.82, 2.24) is 20.0 Å². The van der Waals surface area contributed by atoms with Gasteiger partial charge in [-0.2, -0.15) is 9.78 Å². The molecule has 2 aromatic heterocycles.